The first-order chi connectivity index (χ1) is 14.2. The van der Waals surface area contributed by atoms with Crippen molar-refractivity contribution in [2.24, 2.45) is 5.92 Å². The standard InChI is InChI=1S/C24H30N4O/c1-17-13-26-24(19-9-10-19)28(17)16-18-11-12-27(15-18)23(29)8-4-5-20-14-25-22-7-3-2-6-21(20)22/h2-3,6-7,13-14,18-19,25H,4-5,8-12,15-16H2,1H3. The number of aryl methyl sites for hydroxylation is 2. The topological polar surface area (TPSA) is 53.9 Å². The maximum absolute atomic E-state index is 12.7. The summed E-state index contributed by atoms with van der Waals surface area (Å²) in [7, 11) is 0. The molecule has 3 aromatic rings. The summed E-state index contributed by atoms with van der Waals surface area (Å²) in [4.78, 5) is 22.8. The van der Waals surface area contributed by atoms with Crippen LogP contribution < -0.4 is 0 Å². The van der Waals surface area contributed by atoms with Gasteiger partial charge in [0.2, 0.25) is 5.91 Å². The van der Waals surface area contributed by atoms with Crippen LogP contribution in [0.3, 0.4) is 0 Å². The van der Waals surface area contributed by atoms with Crippen molar-refractivity contribution in [2.75, 3.05) is 13.1 Å². The normalized spacial score (nSPS) is 19.3. The van der Waals surface area contributed by atoms with Crippen LogP contribution in [0.2, 0.25) is 0 Å². The van der Waals surface area contributed by atoms with Crippen molar-refractivity contribution in [3.05, 3.63) is 53.7 Å². The van der Waals surface area contributed by atoms with Crippen LogP contribution in [-0.4, -0.2) is 38.4 Å². The van der Waals surface area contributed by atoms with Gasteiger partial charge in [0, 0.05) is 61.0 Å². The Morgan fingerprint density at radius 3 is 2.97 bits per heavy atom. The quantitative estimate of drug-likeness (QED) is 0.649. The second-order valence-electron chi connectivity index (χ2n) is 8.85. The minimum Gasteiger partial charge on any atom is -0.361 e. The third-order valence-corrected chi connectivity index (χ3v) is 6.62. The number of likely N-dealkylation sites (tertiary alicyclic amines) is 1. The predicted octanol–water partition coefficient (Wildman–Crippen LogP) is 4.42. The molecule has 2 fully saturated rings. The van der Waals surface area contributed by atoms with Gasteiger partial charge in [-0.3, -0.25) is 4.79 Å². The van der Waals surface area contributed by atoms with E-state index in [0.29, 0.717) is 24.2 Å². The van der Waals surface area contributed by atoms with E-state index in [0.717, 1.165) is 38.9 Å². The zero-order chi connectivity index (χ0) is 19.8. The first-order valence-corrected chi connectivity index (χ1v) is 11.0. The Balaban J connectivity index is 1.13. The molecule has 1 aliphatic heterocycles. The Morgan fingerprint density at radius 2 is 2.10 bits per heavy atom. The summed E-state index contributed by atoms with van der Waals surface area (Å²) in [5.74, 6) is 2.81. The fraction of sp³-hybridized carbons (Fsp3) is 0.500. The molecule has 1 unspecified atom stereocenters. The highest BCUT2D eigenvalue weighted by atomic mass is 16.2. The van der Waals surface area contributed by atoms with Crippen molar-refractivity contribution in [1.82, 2.24) is 19.4 Å². The van der Waals surface area contributed by atoms with E-state index in [1.807, 2.05) is 6.20 Å². The van der Waals surface area contributed by atoms with Crippen molar-refractivity contribution in [3.8, 4) is 0 Å². The fourth-order valence-corrected chi connectivity index (χ4v) is 4.78. The van der Waals surface area contributed by atoms with Crippen LogP contribution in [0.5, 0.6) is 0 Å². The number of fused-ring (bicyclic) bond motifs is 1. The second-order valence-corrected chi connectivity index (χ2v) is 8.85. The van der Waals surface area contributed by atoms with Gasteiger partial charge in [0.1, 0.15) is 5.82 Å². The molecule has 1 N–H and O–H groups in total. The second kappa shape index (κ2) is 7.69. The van der Waals surface area contributed by atoms with Gasteiger partial charge in [-0.1, -0.05) is 18.2 Å². The molecule has 1 saturated heterocycles. The average Bonchev–Trinajstić information content (AvgIpc) is 3.16. The number of nitrogens with zero attached hydrogens (tertiary/aromatic N) is 3. The highest BCUT2D eigenvalue weighted by Gasteiger charge is 2.31. The summed E-state index contributed by atoms with van der Waals surface area (Å²) in [6.07, 6.45) is 10.3. The molecule has 1 aromatic carbocycles. The number of carbonyl (C=O) groups is 1. The molecule has 1 saturated carbocycles. The summed E-state index contributed by atoms with van der Waals surface area (Å²) < 4.78 is 2.41. The molecular weight excluding hydrogens is 360 g/mol. The van der Waals surface area contributed by atoms with Gasteiger partial charge in [-0.05, 0) is 56.6 Å². The van der Waals surface area contributed by atoms with Crippen LogP contribution in [0.1, 0.15) is 55.1 Å². The van der Waals surface area contributed by atoms with Crippen LogP contribution in [0.4, 0.5) is 0 Å². The summed E-state index contributed by atoms with van der Waals surface area (Å²) >= 11 is 0. The van der Waals surface area contributed by atoms with Crippen molar-refractivity contribution in [3.63, 3.8) is 0 Å². The van der Waals surface area contributed by atoms with E-state index in [9.17, 15) is 4.79 Å². The van der Waals surface area contributed by atoms with E-state index >= 15 is 0 Å². The van der Waals surface area contributed by atoms with E-state index in [-0.39, 0.29) is 0 Å². The fourth-order valence-electron chi connectivity index (χ4n) is 4.78. The number of hydrogen-bond donors (Lipinski definition) is 1. The molecule has 5 heteroatoms. The van der Waals surface area contributed by atoms with Crippen LogP contribution in [0, 0.1) is 12.8 Å². The lowest BCUT2D eigenvalue weighted by atomic mass is 10.1. The Morgan fingerprint density at radius 1 is 1.24 bits per heavy atom. The van der Waals surface area contributed by atoms with Gasteiger partial charge in [-0.2, -0.15) is 0 Å². The lowest BCUT2D eigenvalue weighted by Crippen LogP contribution is -2.29. The molecule has 0 radical (unpaired) electrons. The molecule has 0 spiro atoms. The number of nitrogens with one attached hydrogen (secondary N) is 1. The SMILES string of the molecule is Cc1cnc(C2CC2)n1CC1CCN(C(=O)CCCc2c[nH]c3ccccc23)C1. The zero-order valence-electron chi connectivity index (χ0n) is 17.2. The third kappa shape index (κ3) is 3.83. The van der Waals surface area contributed by atoms with Crippen LogP contribution >= 0.6 is 0 Å². The molecule has 0 bridgehead atoms. The van der Waals surface area contributed by atoms with Gasteiger partial charge in [0.05, 0.1) is 0 Å². The molecule has 1 aliphatic carbocycles. The largest absolute Gasteiger partial charge is 0.361 e. The smallest absolute Gasteiger partial charge is 0.222 e. The van der Waals surface area contributed by atoms with E-state index in [1.165, 1.54) is 40.8 Å². The lowest BCUT2D eigenvalue weighted by Gasteiger charge is -2.18. The maximum atomic E-state index is 12.7. The van der Waals surface area contributed by atoms with Crippen molar-refractivity contribution in [1.29, 1.82) is 0 Å². The Kier molecular flexibility index (Phi) is 4.90. The number of H-pyrrole nitrogens is 1. The molecule has 2 aromatic heterocycles. The van der Waals surface area contributed by atoms with Crippen molar-refractivity contribution in [2.45, 2.75) is 57.9 Å². The molecule has 152 valence electrons. The van der Waals surface area contributed by atoms with Gasteiger partial charge < -0.3 is 14.5 Å². The van der Waals surface area contributed by atoms with Gasteiger partial charge in [0.15, 0.2) is 0 Å². The monoisotopic (exact) mass is 390 g/mol. The average molecular weight is 391 g/mol. The number of aromatic amines is 1. The number of hydrogen-bond acceptors (Lipinski definition) is 2. The molecule has 5 rings (SSSR count). The third-order valence-electron chi connectivity index (χ3n) is 6.62. The first kappa shape index (κ1) is 18.5. The molecule has 5 nitrogen and oxygen atoms in total. The molecule has 3 heterocycles. The molecule has 29 heavy (non-hydrogen) atoms. The number of carbonyl (C=O) groups excluding carboxylic acids is 1. The summed E-state index contributed by atoms with van der Waals surface area (Å²) in [6.45, 7) is 4.97. The maximum Gasteiger partial charge on any atom is 0.222 e. The summed E-state index contributed by atoms with van der Waals surface area (Å²) in [6, 6.07) is 8.38. The van der Waals surface area contributed by atoms with Gasteiger partial charge in [0.25, 0.3) is 0 Å². The van der Waals surface area contributed by atoms with Crippen molar-refractivity contribution >= 4 is 16.8 Å². The molecule has 1 amide bonds. The van der Waals surface area contributed by atoms with Crippen LogP contribution in [0.25, 0.3) is 10.9 Å². The minimum atomic E-state index is 0.317. The highest BCUT2D eigenvalue weighted by Crippen LogP contribution is 2.40. The Bertz CT molecular complexity index is 1010. The lowest BCUT2D eigenvalue weighted by molar-refractivity contribution is -0.130. The summed E-state index contributed by atoms with van der Waals surface area (Å²) in [5.41, 5.74) is 3.75. The molecular formula is C24H30N4O. The Labute approximate surface area is 172 Å². The number of benzene rings is 1. The highest BCUT2D eigenvalue weighted by molar-refractivity contribution is 5.83. The van der Waals surface area contributed by atoms with E-state index in [1.54, 1.807) is 0 Å². The number of amides is 1. The number of imidazole rings is 1. The minimum absolute atomic E-state index is 0.317. The van der Waals surface area contributed by atoms with Gasteiger partial charge in [-0.25, -0.2) is 4.98 Å². The Hall–Kier alpha value is -2.56. The van der Waals surface area contributed by atoms with Crippen molar-refractivity contribution < 1.29 is 4.79 Å². The first-order valence-electron chi connectivity index (χ1n) is 11.0. The molecule has 2 aliphatic rings. The zero-order valence-corrected chi connectivity index (χ0v) is 17.2. The summed E-state index contributed by atoms with van der Waals surface area (Å²) in [5, 5.41) is 1.28. The van der Waals surface area contributed by atoms with E-state index in [4.69, 9.17) is 0 Å². The number of rotatable bonds is 7. The number of aromatic nitrogens is 3. The van der Waals surface area contributed by atoms with Gasteiger partial charge >= 0.3 is 0 Å². The van der Waals surface area contributed by atoms with Gasteiger partial charge in [-0.15, -0.1) is 0 Å². The van der Waals surface area contributed by atoms with E-state index in [2.05, 4.69) is 56.8 Å². The molecule has 1 atom stereocenters. The predicted molar refractivity (Wildman–Crippen MR) is 115 cm³/mol. The van der Waals surface area contributed by atoms with Crippen LogP contribution in [0.15, 0.2) is 36.7 Å². The van der Waals surface area contributed by atoms with E-state index < -0.39 is 0 Å². The van der Waals surface area contributed by atoms with Crippen LogP contribution in [-0.2, 0) is 17.8 Å². The number of para-hydroxylation sites is 1.